The smallest absolute Gasteiger partial charge is 0.0618 e. The standard InChI is InChI=1S/C30H50O5/c1-25(16-31)14-19-18-7-8-20-27(3)10-9-22(33)28(4,17-32)21(27)13-23(34)30(20,6)29(18,5)12-11-26(19,2)24(35)15-25/h7,19-24,31-35H,8-17H2,1-6H3. The average molecular weight is 491 g/mol. The number of aliphatic hydroxyl groups excluding tert-OH is 5. The fourth-order valence-corrected chi connectivity index (χ4v) is 10.7. The molecule has 4 fully saturated rings. The molecule has 5 nitrogen and oxygen atoms in total. The van der Waals surface area contributed by atoms with Crippen molar-refractivity contribution in [3.8, 4) is 0 Å². The number of aliphatic hydroxyl groups is 5. The van der Waals surface area contributed by atoms with Crippen LogP contribution in [0.4, 0.5) is 0 Å². The summed E-state index contributed by atoms with van der Waals surface area (Å²) in [5, 5.41) is 54.9. The number of allylic oxidation sites excluding steroid dienone is 2. The molecule has 12 atom stereocenters. The highest BCUT2D eigenvalue weighted by Gasteiger charge is 2.71. The molecular formula is C30H50O5. The fraction of sp³-hybridized carbons (Fsp3) is 0.933. The lowest BCUT2D eigenvalue weighted by Gasteiger charge is -2.72. The van der Waals surface area contributed by atoms with Gasteiger partial charge in [0, 0.05) is 22.9 Å². The average Bonchev–Trinajstić information content (AvgIpc) is 2.81. The van der Waals surface area contributed by atoms with Crippen LogP contribution in [-0.2, 0) is 0 Å². The second-order valence-corrected chi connectivity index (χ2v) is 15.0. The van der Waals surface area contributed by atoms with E-state index in [1.54, 1.807) is 0 Å². The van der Waals surface area contributed by atoms with E-state index in [4.69, 9.17) is 0 Å². The predicted octanol–water partition coefficient (Wildman–Crippen LogP) is 4.06. The van der Waals surface area contributed by atoms with Crippen molar-refractivity contribution in [2.45, 2.75) is 111 Å². The maximum absolute atomic E-state index is 12.0. The van der Waals surface area contributed by atoms with Gasteiger partial charge in [-0.15, -0.1) is 0 Å². The highest BCUT2D eigenvalue weighted by Crippen LogP contribution is 2.75. The Balaban J connectivity index is 1.61. The van der Waals surface area contributed by atoms with Gasteiger partial charge in [0.1, 0.15) is 0 Å². The van der Waals surface area contributed by atoms with Crippen molar-refractivity contribution in [2.75, 3.05) is 13.2 Å². The van der Waals surface area contributed by atoms with Gasteiger partial charge in [0.2, 0.25) is 0 Å². The van der Waals surface area contributed by atoms with Crippen molar-refractivity contribution in [1.82, 2.24) is 0 Å². The van der Waals surface area contributed by atoms with Gasteiger partial charge in [-0.3, -0.25) is 0 Å². The second kappa shape index (κ2) is 7.79. The summed E-state index contributed by atoms with van der Waals surface area (Å²) in [5.41, 5.74) is -0.243. The van der Waals surface area contributed by atoms with Crippen LogP contribution >= 0.6 is 0 Å². The van der Waals surface area contributed by atoms with Gasteiger partial charge in [0.25, 0.3) is 0 Å². The second-order valence-electron chi connectivity index (χ2n) is 15.0. The van der Waals surface area contributed by atoms with E-state index in [1.165, 1.54) is 5.57 Å². The summed E-state index contributed by atoms with van der Waals surface area (Å²) in [6.45, 7) is 13.5. The third-order valence-corrected chi connectivity index (χ3v) is 13.6. The van der Waals surface area contributed by atoms with Crippen LogP contribution in [-0.4, -0.2) is 57.1 Å². The largest absolute Gasteiger partial charge is 0.396 e. The lowest BCUT2D eigenvalue weighted by Crippen LogP contribution is -2.70. The molecule has 4 saturated carbocycles. The van der Waals surface area contributed by atoms with E-state index in [1.807, 2.05) is 6.92 Å². The molecule has 0 aliphatic heterocycles. The zero-order valence-corrected chi connectivity index (χ0v) is 22.8. The van der Waals surface area contributed by atoms with Crippen LogP contribution in [0.3, 0.4) is 0 Å². The molecule has 0 amide bonds. The van der Waals surface area contributed by atoms with Gasteiger partial charge in [0.05, 0.1) is 24.9 Å². The first-order valence-corrected chi connectivity index (χ1v) is 14.1. The van der Waals surface area contributed by atoms with Crippen LogP contribution in [0.25, 0.3) is 0 Å². The quantitative estimate of drug-likeness (QED) is 0.376. The zero-order chi connectivity index (χ0) is 25.8. The molecule has 0 radical (unpaired) electrons. The minimum atomic E-state index is -0.595. The minimum Gasteiger partial charge on any atom is -0.396 e. The topological polar surface area (TPSA) is 101 Å². The number of rotatable bonds is 2. The summed E-state index contributed by atoms with van der Waals surface area (Å²) in [4.78, 5) is 0. The van der Waals surface area contributed by atoms with Crippen molar-refractivity contribution < 1.29 is 25.5 Å². The summed E-state index contributed by atoms with van der Waals surface area (Å²) >= 11 is 0. The molecule has 12 unspecified atom stereocenters. The lowest BCUT2D eigenvalue weighted by molar-refractivity contribution is -0.254. The monoisotopic (exact) mass is 490 g/mol. The summed E-state index contributed by atoms with van der Waals surface area (Å²) in [6.07, 6.45) is 7.49. The Morgan fingerprint density at radius 2 is 1.46 bits per heavy atom. The van der Waals surface area contributed by atoms with Crippen molar-refractivity contribution >= 4 is 0 Å². The van der Waals surface area contributed by atoms with Gasteiger partial charge in [-0.2, -0.15) is 0 Å². The van der Waals surface area contributed by atoms with Crippen LogP contribution in [0.1, 0.15) is 92.9 Å². The number of hydrogen-bond acceptors (Lipinski definition) is 5. The highest BCUT2D eigenvalue weighted by atomic mass is 16.3. The van der Waals surface area contributed by atoms with Crippen LogP contribution in [0.2, 0.25) is 0 Å². The molecule has 35 heavy (non-hydrogen) atoms. The Morgan fingerprint density at radius 1 is 0.771 bits per heavy atom. The first-order valence-electron chi connectivity index (χ1n) is 14.1. The molecule has 5 rings (SSSR count). The molecule has 5 aliphatic carbocycles. The molecule has 0 aromatic heterocycles. The fourth-order valence-electron chi connectivity index (χ4n) is 10.7. The van der Waals surface area contributed by atoms with Gasteiger partial charge in [0.15, 0.2) is 0 Å². The number of fused-ring (bicyclic) bond motifs is 7. The van der Waals surface area contributed by atoms with E-state index in [9.17, 15) is 25.5 Å². The maximum Gasteiger partial charge on any atom is 0.0618 e. The maximum atomic E-state index is 12.0. The molecule has 0 aromatic rings. The van der Waals surface area contributed by atoms with Gasteiger partial charge < -0.3 is 25.5 Å². The molecule has 0 aromatic carbocycles. The van der Waals surface area contributed by atoms with Gasteiger partial charge >= 0.3 is 0 Å². The first-order chi connectivity index (χ1) is 16.2. The number of hydrogen-bond donors (Lipinski definition) is 5. The van der Waals surface area contributed by atoms with Gasteiger partial charge in [-0.1, -0.05) is 53.2 Å². The first kappa shape index (κ1) is 26.2. The molecule has 0 saturated heterocycles. The Kier molecular flexibility index (Phi) is 5.82. The van der Waals surface area contributed by atoms with E-state index in [0.717, 1.165) is 32.1 Å². The van der Waals surface area contributed by atoms with E-state index in [-0.39, 0.29) is 58.0 Å². The summed E-state index contributed by atoms with van der Waals surface area (Å²) in [6, 6.07) is 0. The summed E-state index contributed by atoms with van der Waals surface area (Å²) in [7, 11) is 0. The molecular weight excluding hydrogens is 440 g/mol. The lowest BCUT2D eigenvalue weighted by atomic mass is 9.33. The molecule has 0 bridgehead atoms. The Hall–Kier alpha value is -0.460. The van der Waals surface area contributed by atoms with Crippen LogP contribution in [0.15, 0.2) is 11.6 Å². The Morgan fingerprint density at radius 3 is 2.09 bits per heavy atom. The van der Waals surface area contributed by atoms with Gasteiger partial charge in [-0.05, 0) is 85.4 Å². The third-order valence-electron chi connectivity index (χ3n) is 13.6. The molecule has 5 heteroatoms. The van der Waals surface area contributed by atoms with E-state index < -0.39 is 23.7 Å². The van der Waals surface area contributed by atoms with E-state index in [2.05, 4.69) is 40.7 Å². The van der Waals surface area contributed by atoms with Gasteiger partial charge in [-0.25, -0.2) is 0 Å². The van der Waals surface area contributed by atoms with E-state index in [0.29, 0.717) is 19.3 Å². The van der Waals surface area contributed by atoms with Crippen molar-refractivity contribution in [2.24, 2.45) is 50.2 Å². The van der Waals surface area contributed by atoms with Crippen molar-refractivity contribution in [3.05, 3.63) is 11.6 Å². The van der Waals surface area contributed by atoms with Crippen molar-refractivity contribution in [3.63, 3.8) is 0 Å². The molecule has 0 heterocycles. The highest BCUT2D eigenvalue weighted by molar-refractivity contribution is 5.35. The minimum absolute atomic E-state index is 0.0546. The molecule has 5 aliphatic rings. The zero-order valence-electron chi connectivity index (χ0n) is 22.8. The van der Waals surface area contributed by atoms with Crippen molar-refractivity contribution in [1.29, 1.82) is 0 Å². The molecule has 200 valence electrons. The Bertz CT molecular complexity index is 903. The van der Waals surface area contributed by atoms with Crippen LogP contribution < -0.4 is 0 Å². The summed E-state index contributed by atoms with van der Waals surface area (Å²) in [5.74, 6) is 0.532. The third kappa shape index (κ3) is 3.05. The molecule has 5 N–H and O–H groups in total. The van der Waals surface area contributed by atoms with E-state index >= 15 is 0 Å². The molecule has 0 spiro atoms. The summed E-state index contributed by atoms with van der Waals surface area (Å²) < 4.78 is 0. The Labute approximate surface area is 212 Å². The SMILES string of the molecule is CC1(CO)CC(O)C2(C)CCC3(C)C(=CCC4C5(C)CCC(O)C(C)(CO)C5CC(O)C43C)C2C1. The normalized spacial score (nSPS) is 60.0. The van der Waals surface area contributed by atoms with Crippen LogP contribution in [0.5, 0.6) is 0 Å². The predicted molar refractivity (Wildman–Crippen MR) is 136 cm³/mol. The van der Waals surface area contributed by atoms with Crippen LogP contribution in [0, 0.1) is 50.2 Å².